The van der Waals surface area contributed by atoms with E-state index in [0.717, 1.165) is 18.7 Å². The molecule has 0 aliphatic carbocycles. The largest absolute Gasteiger partial charge is 0.314 e. The molecule has 0 bridgehead atoms. The monoisotopic (exact) mass is 303 g/mol. The first-order valence-corrected chi connectivity index (χ1v) is 8.33. The third-order valence-corrected chi connectivity index (χ3v) is 4.56. The highest BCUT2D eigenvalue weighted by Crippen LogP contribution is 2.27. The van der Waals surface area contributed by atoms with Crippen molar-refractivity contribution in [2.24, 2.45) is 0 Å². The van der Waals surface area contributed by atoms with Crippen LogP contribution in [0.25, 0.3) is 16.8 Å². The van der Waals surface area contributed by atoms with Crippen molar-refractivity contribution in [1.29, 1.82) is 0 Å². The summed E-state index contributed by atoms with van der Waals surface area (Å²) in [5.41, 5.74) is 4.90. The Morgan fingerprint density at radius 3 is 2.43 bits per heavy atom. The van der Waals surface area contributed by atoms with Gasteiger partial charge >= 0.3 is 0 Å². The summed E-state index contributed by atoms with van der Waals surface area (Å²) in [6.07, 6.45) is 5.53. The molecule has 1 aliphatic heterocycles. The molecule has 0 spiro atoms. The zero-order chi connectivity index (χ0) is 15.5. The highest BCUT2D eigenvalue weighted by molar-refractivity contribution is 5.66. The Hall–Kier alpha value is -2.39. The molecule has 1 aliphatic rings. The number of nitrogens with zero attached hydrogens (tertiary/aromatic N) is 2. The molecule has 2 aromatic carbocycles. The Labute approximate surface area is 137 Å². The van der Waals surface area contributed by atoms with E-state index in [-0.39, 0.29) is 0 Å². The van der Waals surface area contributed by atoms with Crippen molar-refractivity contribution >= 4 is 0 Å². The van der Waals surface area contributed by atoms with Crippen LogP contribution in [0.2, 0.25) is 0 Å². The summed E-state index contributed by atoms with van der Waals surface area (Å²) in [7, 11) is 0. The van der Waals surface area contributed by atoms with Crippen molar-refractivity contribution in [2.75, 3.05) is 6.54 Å². The zero-order valence-corrected chi connectivity index (χ0v) is 13.2. The average molecular weight is 303 g/mol. The third kappa shape index (κ3) is 2.92. The molecule has 1 aromatic heterocycles. The minimum Gasteiger partial charge on any atom is -0.314 e. The van der Waals surface area contributed by atoms with Crippen LogP contribution in [0.4, 0.5) is 0 Å². The van der Waals surface area contributed by atoms with Gasteiger partial charge in [0, 0.05) is 18.0 Å². The molecule has 3 aromatic rings. The molecule has 1 N–H and O–H groups in total. The molecule has 3 nitrogen and oxygen atoms in total. The Bertz CT molecular complexity index is 699. The van der Waals surface area contributed by atoms with Gasteiger partial charge in [-0.15, -0.1) is 0 Å². The summed E-state index contributed by atoms with van der Waals surface area (Å²) in [6, 6.07) is 21.5. The van der Waals surface area contributed by atoms with Crippen molar-refractivity contribution < 1.29 is 0 Å². The molecule has 2 heterocycles. The van der Waals surface area contributed by atoms with E-state index in [4.69, 9.17) is 5.10 Å². The summed E-state index contributed by atoms with van der Waals surface area (Å²) in [4.78, 5) is 0. The van der Waals surface area contributed by atoms with E-state index in [2.05, 4.69) is 64.6 Å². The molecule has 0 radical (unpaired) electrons. The van der Waals surface area contributed by atoms with Crippen LogP contribution < -0.4 is 5.32 Å². The van der Waals surface area contributed by atoms with Gasteiger partial charge < -0.3 is 5.32 Å². The highest BCUT2D eigenvalue weighted by atomic mass is 15.3. The Kier molecular flexibility index (Phi) is 3.95. The molecule has 23 heavy (non-hydrogen) atoms. The number of hydrogen-bond donors (Lipinski definition) is 1. The van der Waals surface area contributed by atoms with Crippen LogP contribution in [-0.4, -0.2) is 22.4 Å². The predicted octanol–water partition coefficient (Wildman–Crippen LogP) is 3.83. The Morgan fingerprint density at radius 1 is 1.00 bits per heavy atom. The van der Waals surface area contributed by atoms with Gasteiger partial charge in [-0.05, 0) is 37.1 Å². The van der Waals surface area contributed by atoms with Crippen molar-refractivity contribution in [3.8, 4) is 16.8 Å². The lowest BCUT2D eigenvalue weighted by atomic mass is 10.0. The van der Waals surface area contributed by atoms with Crippen molar-refractivity contribution in [3.63, 3.8) is 0 Å². The standard InChI is InChI=1S/C20H21N3/c1-3-8-16(9-4-1)19-15-22-23(18-11-5-2-6-12-18)20(19)14-17-10-7-13-21-17/h1-6,8-9,11-12,15,17,21H,7,10,13-14H2. The number of aromatic nitrogens is 2. The van der Waals surface area contributed by atoms with E-state index >= 15 is 0 Å². The summed E-state index contributed by atoms with van der Waals surface area (Å²) >= 11 is 0. The molecule has 3 heteroatoms. The maximum atomic E-state index is 4.69. The van der Waals surface area contributed by atoms with Gasteiger partial charge in [-0.2, -0.15) is 5.10 Å². The first-order chi connectivity index (χ1) is 11.4. The maximum Gasteiger partial charge on any atom is 0.0649 e. The predicted molar refractivity (Wildman–Crippen MR) is 93.7 cm³/mol. The van der Waals surface area contributed by atoms with E-state index in [1.165, 1.54) is 29.7 Å². The maximum absolute atomic E-state index is 4.69. The fourth-order valence-electron chi connectivity index (χ4n) is 3.39. The van der Waals surface area contributed by atoms with Crippen LogP contribution in [0.15, 0.2) is 66.9 Å². The van der Waals surface area contributed by atoms with Gasteiger partial charge in [0.05, 0.1) is 17.6 Å². The molecular weight excluding hydrogens is 282 g/mol. The topological polar surface area (TPSA) is 29.9 Å². The number of benzene rings is 2. The van der Waals surface area contributed by atoms with Crippen LogP contribution in [0, 0.1) is 0 Å². The number of hydrogen-bond acceptors (Lipinski definition) is 2. The lowest BCUT2D eigenvalue weighted by molar-refractivity contribution is 0.584. The van der Waals surface area contributed by atoms with Crippen molar-refractivity contribution in [2.45, 2.75) is 25.3 Å². The fraction of sp³-hybridized carbons (Fsp3) is 0.250. The van der Waals surface area contributed by atoms with Gasteiger partial charge in [0.1, 0.15) is 0 Å². The number of rotatable bonds is 4. The van der Waals surface area contributed by atoms with Crippen LogP contribution in [0.1, 0.15) is 18.5 Å². The normalized spacial score (nSPS) is 17.5. The average Bonchev–Trinajstić information content (AvgIpc) is 3.27. The van der Waals surface area contributed by atoms with Crippen LogP contribution in [0.5, 0.6) is 0 Å². The van der Waals surface area contributed by atoms with Crippen LogP contribution in [-0.2, 0) is 6.42 Å². The molecule has 0 saturated carbocycles. The third-order valence-electron chi connectivity index (χ3n) is 4.56. The first kappa shape index (κ1) is 14.2. The molecule has 1 unspecified atom stereocenters. The first-order valence-electron chi connectivity index (χ1n) is 8.33. The highest BCUT2D eigenvalue weighted by Gasteiger charge is 2.20. The SMILES string of the molecule is c1ccc(-c2cnn(-c3ccccc3)c2CC2CCCN2)cc1. The molecule has 116 valence electrons. The van der Waals surface area contributed by atoms with Gasteiger partial charge in [-0.3, -0.25) is 0 Å². The lowest BCUT2D eigenvalue weighted by Gasteiger charge is -2.14. The summed E-state index contributed by atoms with van der Waals surface area (Å²) in [6.45, 7) is 1.13. The summed E-state index contributed by atoms with van der Waals surface area (Å²) < 4.78 is 2.10. The van der Waals surface area contributed by atoms with Gasteiger partial charge in [0.15, 0.2) is 0 Å². The fourth-order valence-corrected chi connectivity index (χ4v) is 3.39. The van der Waals surface area contributed by atoms with Crippen molar-refractivity contribution in [1.82, 2.24) is 15.1 Å². The second kappa shape index (κ2) is 6.39. The number of para-hydroxylation sites is 1. The van der Waals surface area contributed by atoms with Gasteiger partial charge in [0.2, 0.25) is 0 Å². The molecule has 1 atom stereocenters. The molecule has 0 amide bonds. The molecule has 1 fully saturated rings. The quantitative estimate of drug-likeness (QED) is 0.794. The van der Waals surface area contributed by atoms with E-state index < -0.39 is 0 Å². The Balaban J connectivity index is 1.78. The van der Waals surface area contributed by atoms with E-state index in [1.54, 1.807) is 0 Å². The smallest absolute Gasteiger partial charge is 0.0649 e. The minimum atomic E-state index is 0.552. The molecule has 1 saturated heterocycles. The summed E-state index contributed by atoms with van der Waals surface area (Å²) in [5, 5.41) is 8.30. The molecule has 4 rings (SSSR count). The van der Waals surface area contributed by atoms with E-state index in [9.17, 15) is 0 Å². The second-order valence-electron chi connectivity index (χ2n) is 6.12. The van der Waals surface area contributed by atoms with Crippen molar-refractivity contribution in [3.05, 3.63) is 72.6 Å². The van der Waals surface area contributed by atoms with Gasteiger partial charge in [-0.1, -0.05) is 48.5 Å². The van der Waals surface area contributed by atoms with Crippen LogP contribution >= 0.6 is 0 Å². The zero-order valence-electron chi connectivity index (χ0n) is 13.2. The van der Waals surface area contributed by atoms with Gasteiger partial charge in [0.25, 0.3) is 0 Å². The lowest BCUT2D eigenvalue weighted by Crippen LogP contribution is -2.25. The molecular formula is C20H21N3. The van der Waals surface area contributed by atoms with E-state index in [1.807, 2.05) is 12.3 Å². The second-order valence-corrected chi connectivity index (χ2v) is 6.12. The minimum absolute atomic E-state index is 0.552. The van der Waals surface area contributed by atoms with Crippen LogP contribution in [0.3, 0.4) is 0 Å². The number of nitrogens with one attached hydrogen (secondary N) is 1. The Morgan fingerprint density at radius 2 is 1.74 bits per heavy atom. The van der Waals surface area contributed by atoms with E-state index in [0.29, 0.717) is 6.04 Å². The van der Waals surface area contributed by atoms with Gasteiger partial charge in [-0.25, -0.2) is 4.68 Å². The summed E-state index contributed by atoms with van der Waals surface area (Å²) in [5.74, 6) is 0.